The molecule has 1 rings (SSSR count). The van der Waals surface area contributed by atoms with E-state index in [1.165, 1.54) is 0 Å². The Hall–Kier alpha value is -0.120. The zero-order chi connectivity index (χ0) is 9.14. The van der Waals surface area contributed by atoms with Crippen molar-refractivity contribution in [2.45, 2.75) is 32.2 Å². The fourth-order valence-electron chi connectivity index (χ4n) is 1.75. The zero-order valence-electron chi connectivity index (χ0n) is 8.24. The Kier molecular flexibility index (Phi) is 3.50. The standard InChI is InChI=1S/C9H18O3/c1-6-7(2)12-8(5-10-3)9(6)11-4/h6-9H,5H2,1-4H3/t6?,7-,8+,9?/m0/s1. The third kappa shape index (κ3) is 1.79. The lowest BCUT2D eigenvalue weighted by Crippen LogP contribution is -2.31. The maximum absolute atomic E-state index is 5.67. The predicted molar refractivity (Wildman–Crippen MR) is 46.2 cm³/mol. The van der Waals surface area contributed by atoms with Gasteiger partial charge in [0, 0.05) is 20.1 Å². The largest absolute Gasteiger partial charge is 0.382 e. The van der Waals surface area contributed by atoms with Gasteiger partial charge in [0.2, 0.25) is 0 Å². The first-order valence-corrected chi connectivity index (χ1v) is 4.38. The molecule has 0 aliphatic carbocycles. The molecule has 0 bridgehead atoms. The normalized spacial score (nSPS) is 42.0. The van der Waals surface area contributed by atoms with Gasteiger partial charge in [-0.3, -0.25) is 0 Å². The summed E-state index contributed by atoms with van der Waals surface area (Å²) in [7, 11) is 3.41. The van der Waals surface area contributed by atoms with Gasteiger partial charge in [-0.15, -0.1) is 0 Å². The van der Waals surface area contributed by atoms with E-state index in [2.05, 4.69) is 13.8 Å². The molecular formula is C9H18O3. The van der Waals surface area contributed by atoms with Gasteiger partial charge in [0.15, 0.2) is 0 Å². The SMILES string of the molecule is COC[C@H]1O[C@@H](C)C(C)C1OC. The van der Waals surface area contributed by atoms with Crippen LogP contribution in [0.4, 0.5) is 0 Å². The number of hydrogen-bond acceptors (Lipinski definition) is 3. The second kappa shape index (κ2) is 4.21. The van der Waals surface area contributed by atoms with Gasteiger partial charge < -0.3 is 14.2 Å². The molecule has 12 heavy (non-hydrogen) atoms. The van der Waals surface area contributed by atoms with E-state index < -0.39 is 0 Å². The van der Waals surface area contributed by atoms with Crippen LogP contribution in [-0.2, 0) is 14.2 Å². The van der Waals surface area contributed by atoms with E-state index in [1.807, 2.05) is 0 Å². The van der Waals surface area contributed by atoms with Crippen LogP contribution in [-0.4, -0.2) is 39.1 Å². The number of hydrogen-bond donors (Lipinski definition) is 0. The summed E-state index contributed by atoms with van der Waals surface area (Å²) in [6.45, 7) is 4.84. The fourth-order valence-corrected chi connectivity index (χ4v) is 1.75. The summed E-state index contributed by atoms with van der Waals surface area (Å²) in [4.78, 5) is 0. The molecule has 0 aromatic rings. The lowest BCUT2D eigenvalue weighted by molar-refractivity contribution is -0.0411. The lowest BCUT2D eigenvalue weighted by Gasteiger charge is -2.18. The van der Waals surface area contributed by atoms with Crippen LogP contribution in [0, 0.1) is 5.92 Å². The second-order valence-corrected chi connectivity index (χ2v) is 3.39. The molecule has 0 N–H and O–H groups in total. The van der Waals surface area contributed by atoms with Gasteiger partial charge in [-0.2, -0.15) is 0 Å². The van der Waals surface area contributed by atoms with Gasteiger partial charge >= 0.3 is 0 Å². The molecule has 0 aromatic heterocycles. The van der Waals surface area contributed by atoms with E-state index in [1.54, 1.807) is 14.2 Å². The van der Waals surface area contributed by atoms with Crippen LogP contribution in [0.25, 0.3) is 0 Å². The average Bonchev–Trinajstić information content (AvgIpc) is 2.29. The molecule has 1 aliphatic heterocycles. The number of ether oxygens (including phenoxy) is 3. The molecule has 1 heterocycles. The Morgan fingerprint density at radius 1 is 1.25 bits per heavy atom. The summed E-state index contributed by atoms with van der Waals surface area (Å²) in [6.07, 6.45) is 0.556. The summed E-state index contributed by atoms with van der Waals surface area (Å²) in [5.74, 6) is 0.454. The second-order valence-electron chi connectivity index (χ2n) is 3.39. The van der Waals surface area contributed by atoms with Crippen molar-refractivity contribution in [1.82, 2.24) is 0 Å². The third-order valence-electron chi connectivity index (χ3n) is 2.62. The molecule has 2 unspecified atom stereocenters. The molecule has 1 fully saturated rings. The monoisotopic (exact) mass is 174 g/mol. The van der Waals surface area contributed by atoms with E-state index >= 15 is 0 Å². The van der Waals surface area contributed by atoms with Crippen LogP contribution in [0.2, 0.25) is 0 Å². The van der Waals surface area contributed by atoms with Crippen LogP contribution < -0.4 is 0 Å². The van der Waals surface area contributed by atoms with Gasteiger partial charge in [-0.25, -0.2) is 0 Å². The molecule has 0 spiro atoms. The summed E-state index contributed by atoms with van der Waals surface area (Å²) in [6, 6.07) is 0. The maximum atomic E-state index is 5.67. The van der Waals surface area contributed by atoms with Crippen molar-refractivity contribution in [3.8, 4) is 0 Å². The Morgan fingerprint density at radius 3 is 2.42 bits per heavy atom. The Labute approximate surface area is 74.0 Å². The van der Waals surface area contributed by atoms with Crippen molar-refractivity contribution >= 4 is 0 Å². The highest BCUT2D eigenvalue weighted by atomic mass is 16.6. The molecule has 0 aromatic carbocycles. The summed E-state index contributed by atoms with van der Waals surface area (Å²) >= 11 is 0. The van der Waals surface area contributed by atoms with Gasteiger partial charge in [0.1, 0.15) is 6.10 Å². The van der Waals surface area contributed by atoms with Crippen LogP contribution >= 0.6 is 0 Å². The summed E-state index contributed by atoms with van der Waals surface area (Å²) in [5, 5.41) is 0. The Balaban J connectivity index is 2.52. The quantitative estimate of drug-likeness (QED) is 0.640. The van der Waals surface area contributed by atoms with E-state index in [0.717, 1.165) is 0 Å². The van der Waals surface area contributed by atoms with Crippen molar-refractivity contribution in [2.24, 2.45) is 5.92 Å². The average molecular weight is 174 g/mol. The van der Waals surface area contributed by atoms with Crippen LogP contribution in [0.5, 0.6) is 0 Å². The highest BCUT2D eigenvalue weighted by molar-refractivity contribution is 4.86. The topological polar surface area (TPSA) is 27.7 Å². The van der Waals surface area contributed by atoms with Gasteiger partial charge in [-0.05, 0) is 6.92 Å². The zero-order valence-corrected chi connectivity index (χ0v) is 8.24. The van der Waals surface area contributed by atoms with Crippen LogP contribution in [0.3, 0.4) is 0 Å². The van der Waals surface area contributed by atoms with E-state index in [0.29, 0.717) is 12.5 Å². The molecule has 0 amide bonds. The van der Waals surface area contributed by atoms with Gasteiger partial charge in [0.25, 0.3) is 0 Å². The maximum Gasteiger partial charge on any atom is 0.108 e. The minimum absolute atomic E-state index is 0.102. The molecular weight excluding hydrogens is 156 g/mol. The predicted octanol–water partition coefficient (Wildman–Crippen LogP) is 1.07. The van der Waals surface area contributed by atoms with Crippen molar-refractivity contribution in [2.75, 3.05) is 20.8 Å². The summed E-state index contributed by atoms with van der Waals surface area (Å²) in [5.41, 5.74) is 0. The Morgan fingerprint density at radius 2 is 1.92 bits per heavy atom. The van der Waals surface area contributed by atoms with E-state index in [9.17, 15) is 0 Å². The van der Waals surface area contributed by atoms with Crippen molar-refractivity contribution in [3.05, 3.63) is 0 Å². The first-order chi connectivity index (χ1) is 5.70. The smallest absolute Gasteiger partial charge is 0.108 e. The first-order valence-electron chi connectivity index (χ1n) is 4.38. The molecule has 4 atom stereocenters. The number of methoxy groups -OCH3 is 2. The molecule has 3 heteroatoms. The van der Waals surface area contributed by atoms with Crippen LogP contribution in [0.15, 0.2) is 0 Å². The van der Waals surface area contributed by atoms with Gasteiger partial charge in [-0.1, -0.05) is 6.92 Å². The molecule has 3 nitrogen and oxygen atoms in total. The van der Waals surface area contributed by atoms with E-state index in [4.69, 9.17) is 14.2 Å². The number of rotatable bonds is 3. The van der Waals surface area contributed by atoms with Crippen molar-refractivity contribution < 1.29 is 14.2 Å². The van der Waals surface area contributed by atoms with Crippen molar-refractivity contribution in [3.63, 3.8) is 0 Å². The minimum atomic E-state index is 0.102. The first kappa shape index (κ1) is 9.96. The van der Waals surface area contributed by atoms with E-state index in [-0.39, 0.29) is 18.3 Å². The minimum Gasteiger partial charge on any atom is -0.382 e. The summed E-state index contributed by atoms with van der Waals surface area (Å²) < 4.78 is 16.1. The molecule has 1 saturated heterocycles. The highest BCUT2D eigenvalue weighted by Gasteiger charge is 2.39. The lowest BCUT2D eigenvalue weighted by atomic mass is 9.99. The fraction of sp³-hybridized carbons (Fsp3) is 1.00. The Bertz CT molecular complexity index is 138. The molecule has 72 valence electrons. The molecule has 0 saturated carbocycles. The van der Waals surface area contributed by atoms with Crippen LogP contribution in [0.1, 0.15) is 13.8 Å². The highest BCUT2D eigenvalue weighted by Crippen LogP contribution is 2.28. The third-order valence-corrected chi connectivity index (χ3v) is 2.62. The van der Waals surface area contributed by atoms with Gasteiger partial charge in [0.05, 0.1) is 18.8 Å². The molecule has 1 aliphatic rings. The van der Waals surface area contributed by atoms with Crippen molar-refractivity contribution in [1.29, 1.82) is 0 Å². The molecule has 0 radical (unpaired) electrons.